The zero-order valence-electron chi connectivity index (χ0n) is 27.0. The topological polar surface area (TPSA) is 104 Å². The molecule has 12 heteroatoms. The minimum Gasteiger partial charge on any atom is -0.496 e. The molecule has 1 aromatic heterocycles. The fourth-order valence-electron chi connectivity index (χ4n) is 6.53. The number of nitrogens with zero attached hydrogens (tertiary/aromatic N) is 3. The molecule has 46 heavy (non-hydrogen) atoms. The first kappa shape index (κ1) is 34.7. The number of amides is 1. The van der Waals surface area contributed by atoms with Crippen molar-refractivity contribution in [2.24, 2.45) is 11.3 Å². The molecule has 2 heterocycles. The van der Waals surface area contributed by atoms with Crippen LogP contribution >= 0.6 is 0 Å². The molecule has 2 N–H and O–H groups in total. The Kier molecular flexibility index (Phi) is 10.3. The van der Waals surface area contributed by atoms with Crippen LogP contribution in [0.3, 0.4) is 0 Å². The summed E-state index contributed by atoms with van der Waals surface area (Å²) in [7, 11) is 6.35. The van der Waals surface area contributed by atoms with Gasteiger partial charge in [0.05, 0.1) is 18.7 Å². The van der Waals surface area contributed by atoms with Crippen LogP contribution in [0, 0.1) is 11.3 Å². The number of likely N-dealkylation sites (tertiary alicyclic amines) is 1. The molecule has 1 aliphatic heterocycles. The number of rotatable bonds is 10. The van der Waals surface area contributed by atoms with Gasteiger partial charge in [-0.05, 0) is 35.2 Å². The highest BCUT2D eigenvalue weighted by atomic mass is 19.4. The maximum absolute atomic E-state index is 14.6. The van der Waals surface area contributed by atoms with Gasteiger partial charge in [0, 0.05) is 57.0 Å². The van der Waals surface area contributed by atoms with Gasteiger partial charge in [0.25, 0.3) is 5.91 Å². The van der Waals surface area contributed by atoms with Gasteiger partial charge in [-0.15, -0.1) is 0 Å². The maximum atomic E-state index is 14.6. The van der Waals surface area contributed by atoms with Crippen LogP contribution in [0.25, 0.3) is 0 Å². The highest BCUT2D eigenvalue weighted by Crippen LogP contribution is 2.50. The number of hydrogen-bond donors (Lipinski definition) is 2. The van der Waals surface area contributed by atoms with Crippen LogP contribution in [-0.4, -0.2) is 67.3 Å². The summed E-state index contributed by atoms with van der Waals surface area (Å²) in [4.78, 5) is 35.6. The van der Waals surface area contributed by atoms with Crippen molar-refractivity contribution in [3.05, 3.63) is 89.1 Å². The van der Waals surface area contributed by atoms with Crippen LogP contribution in [0.1, 0.15) is 55.2 Å². The van der Waals surface area contributed by atoms with Crippen molar-refractivity contribution in [3.63, 3.8) is 0 Å². The Bertz CT molecular complexity index is 1530. The second kappa shape index (κ2) is 13.7. The number of carboxylic acids is 1. The number of methoxy groups -OCH3 is 2. The third-order valence-electron chi connectivity index (χ3n) is 8.43. The lowest BCUT2D eigenvalue weighted by atomic mass is 9.72. The average Bonchev–Trinajstić information content (AvgIpc) is 3.36. The number of alkyl halides is 3. The minimum absolute atomic E-state index is 0.0981. The molecule has 1 saturated heterocycles. The van der Waals surface area contributed by atoms with E-state index in [1.54, 1.807) is 67.7 Å². The van der Waals surface area contributed by atoms with Crippen LogP contribution in [0.5, 0.6) is 5.75 Å². The summed E-state index contributed by atoms with van der Waals surface area (Å²) in [5.41, 5.74) is -0.168. The summed E-state index contributed by atoms with van der Waals surface area (Å²) in [6, 6.07) is 12.6. The third-order valence-corrected chi connectivity index (χ3v) is 8.43. The molecule has 1 aliphatic rings. The molecule has 1 amide bonds. The quantitative estimate of drug-likeness (QED) is 0.290. The zero-order chi connectivity index (χ0) is 34.0. The van der Waals surface area contributed by atoms with Crippen molar-refractivity contribution in [1.82, 2.24) is 15.2 Å². The molecular formula is C34H41F3N4O5. The number of carbonyl (C=O) groups is 2. The monoisotopic (exact) mass is 642 g/mol. The van der Waals surface area contributed by atoms with Gasteiger partial charge in [0.2, 0.25) is 0 Å². The highest BCUT2D eigenvalue weighted by molar-refractivity contribution is 5.89. The molecule has 1 fully saturated rings. The summed E-state index contributed by atoms with van der Waals surface area (Å²) in [6.45, 7) is 5.57. The van der Waals surface area contributed by atoms with Gasteiger partial charge >= 0.3 is 12.1 Å². The number of pyridine rings is 1. The van der Waals surface area contributed by atoms with Gasteiger partial charge in [-0.1, -0.05) is 57.2 Å². The van der Waals surface area contributed by atoms with E-state index in [9.17, 15) is 27.9 Å². The van der Waals surface area contributed by atoms with Crippen LogP contribution in [0.2, 0.25) is 0 Å². The Balaban J connectivity index is 1.94. The van der Waals surface area contributed by atoms with Crippen LogP contribution in [0.4, 0.5) is 19.0 Å². The van der Waals surface area contributed by atoms with Gasteiger partial charge in [-0.3, -0.25) is 4.79 Å². The Morgan fingerprint density at radius 1 is 1.04 bits per heavy atom. The van der Waals surface area contributed by atoms with Crippen molar-refractivity contribution in [2.45, 2.75) is 57.7 Å². The summed E-state index contributed by atoms with van der Waals surface area (Å²) < 4.78 is 52.2. The lowest BCUT2D eigenvalue weighted by Gasteiger charge is -2.35. The van der Waals surface area contributed by atoms with E-state index in [0.29, 0.717) is 16.9 Å². The first-order valence-electron chi connectivity index (χ1n) is 14.8. The average molecular weight is 643 g/mol. The Labute approximate surface area is 267 Å². The number of aromatic nitrogens is 1. The van der Waals surface area contributed by atoms with Gasteiger partial charge in [-0.25, -0.2) is 9.78 Å². The Morgan fingerprint density at radius 2 is 1.72 bits per heavy atom. The highest BCUT2D eigenvalue weighted by Gasteiger charge is 2.59. The molecule has 248 valence electrons. The lowest BCUT2D eigenvalue weighted by Crippen LogP contribution is -2.49. The summed E-state index contributed by atoms with van der Waals surface area (Å²) in [5, 5.41) is 14.2. The van der Waals surface area contributed by atoms with Gasteiger partial charge < -0.3 is 29.7 Å². The smallest absolute Gasteiger partial charge is 0.416 e. The van der Waals surface area contributed by atoms with Crippen molar-refractivity contribution < 1.29 is 37.3 Å². The van der Waals surface area contributed by atoms with Crippen molar-refractivity contribution in [1.29, 1.82) is 0 Å². The molecule has 2 aromatic carbocycles. The number of ether oxygens (including phenoxy) is 2. The molecular weight excluding hydrogens is 601 g/mol. The van der Waals surface area contributed by atoms with Crippen LogP contribution in [0.15, 0.2) is 66.9 Å². The molecule has 5 atom stereocenters. The second-order valence-corrected chi connectivity index (χ2v) is 12.6. The number of carbonyl (C=O) groups excluding carboxylic acids is 1. The van der Waals surface area contributed by atoms with Crippen molar-refractivity contribution >= 4 is 17.7 Å². The first-order valence-corrected chi connectivity index (χ1v) is 14.8. The largest absolute Gasteiger partial charge is 0.496 e. The summed E-state index contributed by atoms with van der Waals surface area (Å²) >= 11 is 0. The Morgan fingerprint density at radius 3 is 2.26 bits per heavy atom. The van der Waals surface area contributed by atoms with Gasteiger partial charge in [0.1, 0.15) is 17.6 Å². The zero-order valence-corrected chi connectivity index (χ0v) is 27.0. The molecule has 0 spiro atoms. The van der Waals surface area contributed by atoms with E-state index in [-0.39, 0.29) is 17.9 Å². The second-order valence-electron chi connectivity index (χ2n) is 12.6. The van der Waals surface area contributed by atoms with E-state index < -0.39 is 59.2 Å². The molecule has 0 aliphatic carbocycles. The van der Waals surface area contributed by atoms with E-state index in [1.807, 2.05) is 20.8 Å². The molecule has 0 bridgehead atoms. The van der Waals surface area contributed by atoms with E-state index in [0.717, 1.165) is 12.1 Å². The molecule has 4 rings (SSSR count). The minimum atomic E-state index is -4.58. The first-order chi connectivity index (χ1) is 21.6. The number of nitrogens with one attached hydrogen (secondary N) is 1. The van der Waals surface area contributed by atoms with Gasteiger partial charge in [0.15, 0.2) is 6.10 Å². The molecule has 9 nitrogen and oxygen atoms in total. The third kappa shape index (κ3) is 6.97. The normalized spacial score (nSPS) is 20.8. The molecule has 0 saturated carbocycles. The van der Waals surface area contributed by atoms with Crippen LogP contribution < -0.4 is 15.0 Å². The number of benzene rings is 2. The predicted molar refractivity (Wildman–Crippen MR) is 167 cm³/mol. The predicted octanol–water partition coefficient (Wildman–Crippen LogP) is 5.72. The summed E-state index contributed by atoms with van der Waals surface area (Å²) in [6.07, 6.45) is -4.09. The number of hydrogen-bond acceptors (Lipinski definition) is 7. The standard InChI is InChI=1S/C34H41F3N4O5/c1-33(2,3)25-26(39-19-21-18-22(34(35,36)37)15-16-24(21)45-6)27(23-14-11-17-38-30(23)40(4)5)41(28(25)32(43)44)31(42)29(46-7)20-12-9-8-10-13-20/h8-18,25-29,39H,19H2,1-7H3,(H,43,44)/t25?,26?,27?,28?,29-/m1/s1. The summed E-state index contributed by atoms with van der Waals surface area (Å²) in [5.74, 6) is -1.73. The van der Waals surface area contributed by atoms with E-state index in [2.05, 4.69) is 10.3 Å². The molecule has 4 unspecified atom stereocenters. The molecule has 0 radical (unpaired) electrons. The number of anilines is 1. The number of aliphatic carboxylic acids is 1. The SMILES string of the molecule is COc1ccc(C(F)(F)F)cc1CNC1C(c2cccnc2N(C)C)N(C(=O)[C@H](OC)c2ccccc2)C(C(=O)O)C1C(C)(C)C. The Hall–Kier alpha value is -4.16. The van der Waals surface area contributed by atoms with E-state index >= 15 is 0 Å². The number of carboxylic acid groups (broad SMARTS) is 1. The van der Waals surface area contributed by atoms with Crippen molar-refractivity contribution in [2.75, 3.05) is 33.2 Å². The van der Waals surface area contributed by atoms with Crippen molar-refractivity contribution in [3.8, 4) is 5.75 Å². The number of halogens is 3. The van der Waals surface area contributed by atoms with E-state index in [1.165, 1.54) is 25.2 Å². The van der Waals surface area contributed by atoms with E-state index in [4.69, 9.17) is 9.47 Å². The van der Waals surface area contributed by atoms with Gasteiger partial charge in [-0.2, -0.15) is 13.2 Å². The molecule has 3 aromatic rings. The van der Waals surface area contributed by atoms with Crippen LogP contribution in [-0.2, 0) is 27.0 Å². The fraction of sp³-hybridized carbons (Fsp3) is 0.441. The maximum Gasteiger partial charge on any atom is 0.416 e. The fourth-order valence-corrected chi connectivity index (χ4v) is 6.53. The lowest BCUT2D eigenvalue weighted by molar-refractivity contribution is -0.157.